The van der Waals surface area contributed by atoms with Crippen LogP contribution in [0, 0.1) is 0 Å². The van der Waals surface area contributed by atoms with Gasteiger partial charge < -0.3 is 4.74 Å². The van der Waals surface area contributed by atoms with Crippen LogP contribution in [0.1, 0.15) is 5.69 Å². The summed E-state index contributed by atoms with van der Waals surface area (Å²) in [6, 6.07) is 3.09. The van der Waals surface area contributed by atoms with E-state index in [1.807, 2.05) is 0 Å². The first-order chi connectivity index (χ1) is 7.04. The maximum atomic E-state index is 11.1. The molecule has 1 aromatic rings. The molecule has 0 N–H and O–H groups in total. The molecule has 0 atom stereocenters. The van der Waals surface area contributed by atoms with Gasteiger partial charge in [0.2, 0.25) is 0 Å². The summed E-state index contributed by atoms with van der Waals surface area (Å²) in [6.45, 7) is 0.611. The lowest BCUT2D eigenvalue weighted by Crippen LogP contribution is -2.02. The minimum atomic E-state index is -3.19. The summed E-state index contributed by atoms with van der Waals surface area (Å²) in [6.07, 6.45) is 2.90. The molecule has 0 saturated heterocycles. The molecule has 0 aromatic carbocycles. The van der Waals surface area contributed by atoms with Crippen LogP contribution in [0.25, 0.3) is 0 Å². The highest BCUT2D eigenvalue weighted by atomic mass is 32.2. The van der Waals surface area contributed by atoms with Gasteiger partial charge in [-0.25, -0.2) is 8.42 Å². The zero-order valence-corrected chi connectivity index (χ0v) is 9.03. The van der Waals surface area contributed by atoms with Gasteiger partial charge >= 0.3 is 0 Å². The first kappa shape index (κ1) is 11.6. The summed E-state index contributed by atoms with van der Waals surface area (Å²) in [4.78, 5) is 14.0. The molecule has 0 bridgehead atoms. The van der Waals surface area contributed by atoms with Crippen molar-refractivity contribution in [2.45, 2.75) is 11.3 Å². The van der Waals surface area contributed by atoms with Gasteiger partial charge in [0.05, 0.1) is 11.5 Å². The van der Waals surface area contributed by atoms with Gasteiger partial charge in [-0.3, -0.25) is 9.78 Å². The zero-order chi connectivity index (χ0) is 11.3. The van der Waals surface area contributed by atoms with Crippen LogP contribution >= 0.6 is 0 Å². The van der Waals surface area contributed by atoms with E-state index in [0.29, 0.717) is 18.6 Å². The Morgan fingerprint density at radius 3 is 2.67 bits per heavy atom. The number of pyridine rings is 1. The van der Waals surface area contributed by atoms with Crippen LogP contribution in [0.2, 0.25) is 0 Å². The number of hydrogen-bond acceptors (Lipinski definition) is 5. The van der Waals surface area contributed by atoms with Gasteiger partial charge in [0.15, 0.2) is 9.84 Å². The lowest BCUT2D eigenvalue weighted by Gasteiger charge is -2.01. The zero-order valence-electron chi connectivity index (χ0n) is 8.21. The van der Waals surface area contributed by atoms with Crippen molar-refractivity contribution < 1.29 is 17.9 Å². The van der Waals surface area contributed by atoms with Crippen molar-refractivity contribution in [1.29, 1.82) is 0 Å². The number of rotatable bonds is 5. The van der Waals surface area contributed by atoms with E-state index < -0.39 is 9.84 Å². The fraction of sp³-hybridized carbons (Fsp3) is 0.333. The predicted molar refractivity (Wildman–Crippen MR) is 53.1 cm³/mol. The summed E-state index contributed by atoms with van der Waals surface area (Å²) < 4.78 is 26.7. The van der Waals surface area contributed by atoms with Gasteiger partial charge in [-0.2, -0.15) is 0 Å². The van der Waals surface area contributed by atoms with E-state index in [0.717, 1.165) is 6.26 Å². The standard InChI is InChI=1S/C9H11NO4S/c1-15(12,13)9-3-2-8(10-6-9)4-5-14-7-11/h2-3,6-7H,4-5H2,1H3. The fourth-order valence-electron chi connectivity index (χ4n) is 0.990. The number of sulfone groups is 1. The quantitative estimate of drug-likeness (QED) is 0.532. The van der Waals surface area contributed by atoms with E-state index in [1.54, 1.807) is 6.07 Å². The van der Waals surface area contributed by atoms with Crippen molar-refractivity contribution in [3.8, 4) is 0 Å². The van der Waals surface area contributed by atoms with E-state index >= 15 is 0 Å². The lowest BCUT2D eigenvalue weighted by molar-refractivity contribution is -0.128. The Kier molecular flexibility index (Phi) is 3.79. The third-order valence-electron chi connectivity index (χ3n) is 1.77. The molecule has 0 saturated carbocycles. The Hall–Kier alpha value is -1.43. The summed E-state index contributed by atoms with van der Waals surface area (Å²) >= 11 is 0. The van der Waals surface area contributed by atoms with Gasteiger partial charge in [0.25, 0.3) is 6.47 Å². The molecule has 0 radical (unpaired) electrons. The van der Waals surface area contributed by atoms with Crippen LogP contribution < -0.4 is 0 Å². The molecule has 1 heterocycles. The first-order valence-electron chi connectivity index (χ1n) is 4.24. The lowest BCUT2D eigenvalue weighted by atomic mass is 10.3. The number of carbonyl (C=O) groups is 1. The van der Waals surface area contributed by atoms with Crippen molar-refractivity contribution in [3.05, 3.63) is 24.0 Å². The molecule has 0 aliphatic heterocycles. The average molecular weight is 229 g/mol. The van der Waals surface area contributed by atoms with Crippen molar-refractivity contribution >= 4 is 16.3 Å². The molecule has 5 nitrogen and oxygen atoms in total. The minimum Gasteiger partial charge on any atom is -0.467 e. The third kappa shape index (κ3) is 3.67. The van der Waals surface area contributed by atoms with Gasteiger partial charge in [-0.05, 0) is 12.1 Å². The Bertz CT molecular complexity index is 424. The fourth-order valence-corrected chi connectivity index (χ4v) is 1.55. The molecule has 0 unspecified atom stereocenters. The Labute approximate surface area is 88.0 Å². The summed E-state index contributed by atoms with van der Waals surface area (Å²) in [7, 11) is -3.19. The molecule has 1 rings (SSSR count). The summed E-state index contributed by atoms with van der Waals surface area (Å²) in [5, 5.41) is 0. The largest absolute Gasteiger partial charge is 0.467 e. The second-order valence-corrected chi connectivity index (χ2v) is 4.99. The van der Waals surface area contributed by atoms with Crippen molar-refractivity contribution in [2.24, 2.45) is 0 Å². The van der Waals surface area contributed by atoms with Crippen molar-refractivity contribution in [1.82, 2.24) is 4.98 Å². The van der Waals surface area contributed by atoms with Crippen LogP contribution in [0.15, 0.2) is 23.2 Å². The topological polar surface area (TPSA) is 73.3 Å². The Balaban J connectivity index is 2.69. The molecule has 82 valence electrons. The molecule has 0 spiro atoms. The number of hydrogen-bond donors (Lipinski definition) is 0. The van der Waals surface area contributed by atoms with Crippen LogP contribution in [0.3, 0.4) is 0 Å². The first-order valence-corrected chi connectivity index (χ1v) is 6.13. The number of carbonyl (C=O) groups excluding carboxylic acids is 1. The van der Waals surface area contributed by atoms with Crippen molar-refractivity contribution in [2.75, 3.05) is 12.9 Å². The van der Waals surface area contributed by atoms with Crippen LogP contribution in [-0.2, 0) is 25.8 Å². The smallest absolute Gasteiger partial charge is 0.293 e. The molecule has 0 aliphatic carbocycles. The van der Waals surface area contributed by atoms with Gasteiger partial charge in [0.1, 0.15) is 0 Å². The van der Waals surface area contributed by atoms with Crippen molar-refractivity contribution in [3.63, 3.8) is 0 Å². The van der Waals surface area contributed by atoms with Crippen LogP contribution in [0.4, 0.5) is 0 Å². The highest BCUT2D eigenvalue weighted by Crippen LogP contribution is 2.07. The molecule has 6 heteroatoms. The van der Waals surface area contributed by atoms with Crippen LogP contribution in [-0.4, -0.2) is 32.7 Å². The second-order valence-electron chi connectivity index (χ2n) is 2.97. The van der Waals surface area contributed by atoms with E-state index in [1.165, 1.54) is 12.3 Å². The second kappa shape index (κ2) is 4.88. The van der Waals surface area contributed by atoms with E-state index in [9.17, 15) is 13.2 Å². The number of ether oxygens (including phenoxy) is 1. The van der Waals surface area contributed by atoms with Gasteiger partial charge in [-0.15, -0.1) is 0 Å². The van der Waals surface area contributed by atoms with E-state index in [4.69, 9.17) is 0 Å². The highest BCUT2D eigenvalue weighted by Gasteiger charge is 2.06. The average Bonchev–Trinajstić information content (AvgIpc) is 2.18. The number of nitrogens with zero attached hydrogens (tertiary/aromatic N) is 1. The Morgan fingerprint density at radius 2 is 2.20 bits per heavy atom. The van der Waals surface area contributed by atoms with Gasteiger partial charge in [0, 0.05) is 24.6 Å². The van der Waals surface area contributed by atoms with E-state index in [-0.39, 0.29) is 11.5 Å². The molecule has 0 fully saturated rings. The maximum absolute atomic E-state index is 11.1. The minimum absolute atomic E-state index is 0.183. The number of aromatic nitrogens is 1. The molecule has 0 amide bonds. The highest BCUT2D eigenvalue weighted by molar-refractivity contribution is 7.90. The van der Waals surface area contributed by atoms with Crippen LogP contribution in [0.5, 0.6) is 0 Å². The monoisotopic (exact) mass is 229 g/mol. The SMILES string of the molecule is CS(=O)(=O)c1ccc(CCOC=O)nc1. The molecular formula is C9H11NO4S. The molecule has 0 aliphatic rings. The van der Waals surface area contributed by atoms with E-state index in [2.05, 4.69) is 9.72 Å². The maximum Gasteiger partial charge on any atom is 0.293 e. The predicted octanol–water partition coefficient (Wildman–Crippen LogP) is 0.201. The molecular weight excluding hydrogens is 218 g/mol. The third-order valence-corrected chi connectivity index (χ3v) is 2.87. The Morgan fingerprint density at radius 1 is 1.47 bits per heavy atom. The molecule has 15 heavy (non-hydrogen) atoms. The summed E-state index contributed by atoms with van der Waals surface area (Å²) in [5.74, 6) is 0. The van der Waals surface area contributed by atoms with Gasteiger partial charge in [-0.1, -0.05) is 0 Å². The molecule has 1 aromatic heterocycles. The summed E-state index contributed by atoms with van der Waals surface area (Å²) in [5.41, 5.74) is 0.684. The normalized spacial score (nSPS) is 11.0.